The average Bonchev–Trinajstić information content (AvgIpc) is 3.19. The van der Waals surface area contributed by atoms with Gasteiger partial charge in [-0.3, -0.25) is 19.8 Å². The van der Waals surface area contributed by atoms with Crippen LogP contribution < -0.4 is 11.1 Å². The Kier molecular flexibility index (Phi) is 4.80. The highest BCUT2D eigenvalue weighted by molar-refractivity contribution is 5.74. The number of aryl methyl sites for hydroxylation is 2. The Balaban J connectivity index is 1.77. The van der Waals surface area contributed by atoms with Gasteiger partial charge in [-0.05, 0) is 13.0 Å². The Hall–Kier alpha value is -3.14. The summed E-state index contributed by atoms with van der Waals surface area (Å²) in [6, 6.07) is 1.44. The Labute approximate surface area is 143 Å². The van der Waals surface area contributed by atoms with Gasteiger partial charge in [-0.2, -0.15) is 5.10 Å². The van der Waals surface area contributed by atoms with Gasteiger partial charge in [0.25, 0.3) is 5.89 Å². The summed E-state index contributed by atoms with van der Waals surface area (Å²) in [5, 5.41) is 15.5. The van der Waals surface area contributed by atoms with Gasteiger partial charge in [-0.15, -0.1) is 10.2 Å². The minimum absolute atomic E-state index is 0.0267. The van der Waals surface area contributed by atoms with Crippen LogP contribution in [0.25, 0.3) is 11.6 Å². The van der Waals surface area contributed by atoms with Crippen LogP contribution >= 0.6 is 0 Å². The highest BCUT2D eigenvalue weighted by atomic mass is 16.4. The third kappa shape index (κ3) is 4.04. The molecule has 0 saturated heterocycles. The summed E-state index contributed by atoms with van der Waals surface area (Å²) in [7, 11) is 1.85. The van der Waals surface area contributed by atoms with E-state index >= 15 is 0 Å². The summed E-state index contributed by atoms with van der Waals surface area (Å²) in [6.45, 7) is 2.38. The molecule has 3 rings (SSSR count). The van der Waals surface area contributed by atoms with E-state index in [1.165, 1.54) is 12.4 Å². The average molecular weight is 342 g/mol. The molecule has 130 valence electrons. The number of rotatable bonds is 7. The maximum absolute atomic E-state index is 11.4. The van der Waals surface area contributed by atoms with Crippen molar-refractivity contribution in [2.45, 2.75) is 25.9 Å². The largest absolute Gasteiger partial charge is 0.417 e. The van der Waals surface area contributed by atoms with Gasteiger partial charge in [0.15, 0.2) is 0 Å². The summed E-state index contributed by atoms with van der Waals surface area (Å²) in [4.78, 5) is 19.5. The second kappa shape index (κ2) is 7.18. The fraction of sp³-hybridized carbons (Fsp3) is 0.333. The lowest BCUT2D eigenvalue weighted by molar-refractivity contribution is -0.118. The van der Waals surface area contributed by atoms with Gasteiger partial charge in [-0.1, -0.05) is 0 Å². The van der Waals surface area contributed by atoms with E-state index in [0.717, 1.165) is 11.4 Å². The van der Waals surface area contributed by atoms with E-state index < -0.39 is 11.9 Å². The zero-order valence-corrected chi connectivity index (χ0v) is 13.9. The molecule has 0 aliphatic rings. The number of primary amides is 1. The summed E-state index contributed by atoms with van der Waals surface area (Å²) in [5.41, 5.74) is 7.67. The Morgan fingerprint density at radius 3 is 2.88 bits per heavy atom. The number of amides is 1. The zero-order valence-electron chi connectivity index (χ0n) is 13.9. The Morgan fingerprint density at radius 2 is 2.24 bits per heavy atom. The molecule has 0 aliphatic carbocycles. The van der Waals surface area contributed by atoms with Crippen molar-refractivity contribution in [1.29, 1.82) is 0 Å². The predicted molar refractivity (Wildman–Crippen MR) is 86.7 cm³/mol. The van der Waals surface area contributed by atoms with Gasteiger partial charge in [0.2, 0.25) is 11.8 Å². The van der Waals surface area contributed by atoms with E-state index in [1.807, 2.05) is 20.0 Å². The van der Waals surface area contributed by atoms with Gasteiger partial charge in [-0.25, -0.2) is 4.98 Å². The molecule has 0 aromatic carbocycles. The van der Waals surface area contributed by atoms with E-state index in [1.54, 1.807) is 10.9 Å². The van der Waals surface area contributed by atoms with Crippen LogP contribution in [0.5, 0.6) is 0 Å². The smallest absolute Gasteiger partial charge is 0.267 e. The first kappa shape index (κ1) is 16.7. The quantitative estimate of drug-likeness (QED) is 0.624. The second-order valence-electron chi connectivity index (χ2n) is 5.54. The Bertz CT molecular complexity index is 858. The molecule has 0 fully saturated rings. The first-order chi connectivity index (χ1) is 12.0. The minimum atomic E-state index is -0.509. The molecule has 0 spiro atoms. The fourth-order valence-corrected chi connectivity index (χ4v) is 2.39. The van der Waals surface area contributed by atoms with Crippen LogP contribution in [0.1, 0.15) is 29.7 Å². The van der Waals surface area contributed by atoms with Crippen LogP contribution in [0.2, 0.25) is 0 Å². The minimum Gasteiger partial charge on any atom is -0.417 e. The number of hydrogen-bond donors (Lipinski definition) is 2. The third-order valence-electron chi connectivity index (χ3n) is 3.55. The molecule has 0 unspecified atom stereocenters. The van der Waals surface area contributed by atoms with Crippen molar-refractivity contribution in [3.63, 3.8) is 0 Å². The molecule has 1 amide bonds. The standard InChI is InChI=1S/C15H18N8O2/c1-9-5-10(23(2)22-9)7-19-11(6-13(16)24)14-20-21-15(25-14)12-8-17-3-4-18-12/h3-5,8,11,19H,6-7H2,1-2H3,(H2,16,24)/t11-/m0/s1. The van der Waals surface area contributed by atoms with Gasteiger partial charge in [0.1, 0.15) is 5.69 Å². The van der Waals surface area contributed by atoms with Crippen LogP contribution in [0.4, 0.5) is 0 Å². The van der Waals surface area contributed by atoms with Crippen molar-refractivity contribution in [3.05, 3.63) is 41.9 Å². The van der Waals surface area contributed by atoms with Crippen LogP contribution in [-0.2, 0) is 18.4 Å². The van der Waals surface area contributed by atoms with Crippen LogP contribution in [-0.4, -0.2) is 35.9 Å². The number of nitrogens with two attached hydrogens (primary N) is 1. The summed E-state index contributed by atoms with van der Waals surface area (Å²) in [5.74, 6) is 0.0204. The molecule has 0 aliphatic heterocycles. The van der Waals surface area contributed by atoms with Crippen molar-refractivity contribution in [2.75, 3.05) is 0 Å². The summed E-state index contributed by atoms with van der Waals surface area (Å²) in [6.07, 6.45) is 4.63. The number of carbonyl (C=O) groups is 1. The van der Waals surface area contributed by atoms with E-state index in [0.29, 0.717) is 12.2 Å². The maximum atomic E-state index is 11.4. The number of hydrogen-bond acceptors (Lipinski definition) is 8. The fourth-order valence-electron chi connectivity index (χ4n) is 2.39. The molecular formula is C15H18N8O2. The predicted octanol–water partition coefficient (Wildman–Crippen LogP) is 0.275. The highest BCUT2D eigenvalue weighted by Crippen LogP contribution is 2.20. The molecule has 25 heavy (non-hydrogen) atoms. The van der Waals surface area contributed by atoms with Gasteiger partial charge >= 0.3 is 0 Å². The Morgan fingerprint density at radius 1 is 1.40 bits per heavy atom. The normalized spacial score (nSPS) is 12.2. The van der Waals surface area contributed by atoms with E-state index in [2.05, 4.69) is 30.6 Å². The number of nitrogens with zero attached hydrogens (tertiary/aromatic N) is 6. The van der Waals surface area contributed by atoms with Crippen LogP contribution in [0.3, 0.4) is 0 Å². The SMILES string of the molecule is Cc1cc(CN[C@@H](CC(N)=O)c2nnc(-c3cnccn3)o2)n(C)n1. The van der Waals surface area contributed by atoms with Gasteiger partial charge in [0.05, 0.1) is 30.0 Å². The lowest BCUT2D eigenvalue weighted by atomic mass is 10.2. The molecule has 10 heteroatoms. The lowest BCUT2D eigenvalue weighted by Gasteiger charge is -2.13. The molecule has 3 heterocycles. The van der Waals surface area contributed by atoms with Gasteiger partial charge < -0.3 is 10.2 Å². The first-order valence-corrected chi connectivity index (χ1v) is 7.64. The van der Waals surface area contributed by atoms with Crippen molar-refractivity contribution >= 4 is 5.91 Å². The maximum Gasteiger partial charge on any atom is 0.267 e. The van der Waals surface area contributed by atoms with Gasteiger partial charge in [0, 0.05) is 26.0 Å². The van der Waals surface area contributed by atoms with Crippen molar-refractivity contribution < 1.29 is 9.21 Å². The molecular weight excluding hydrogens is 324 g/mol. The molecule has 3 aromatic rings. The number of carbonyl (C=O) groups excluding carboxylic acids is 1. The highest BCUT2D eigenvalue weighted by Gasteiger charge is 2.22. The topological polar surface area (TPSA) is 138 Å². The van der Waals surface area contributed by atoms with Crippen molar-refractivity contribution in [3.8, 4) is 11.6 Å². The summed E-state index contributed by atoms with van der Waals surface area (Å²) < 4.78 is 7.41. The number of aromatic nitrogens is 6. The summed E-state index contributed by atoms with van der Waals surface area (Å²) >= 11 is 0. The molecule has 0 bridgehead atoms. The molecule has 0 radical (unpaired) electrons. The monoisotopic (exact) mass is 342 g/mol. The van der Waals surface area contributed by atoms with Crippen LogP contribution in [0.15, 0.2) is 29.1 Å². The van der Waals surface area contributed by atoms with E-state index in [4.69, 9.17) is 10.2 Å². The lowest BCUT2D eigenvalue weighted by Crippen LogP contribution is -2.27. The van der Waals surface area contributed by atoms with Crippen LogP contribution in [0, 0.1) is 6.92 Å². The number of nitrogens with one attached hydrogen (secondary N) is 1. The second-order valence-corrected chi connectivity index (χ2v) is 5.54. The van der Waals surface area contributed by atoms with E-state index in [-0.39, 0.29) is 18.2 Å². The molecule has 1 atom stereocenters. The van der Waals surface area contributed by atoms with E-state index in [9.17, 15) is 4.79 Å². The first-order valence-electron chi connectivity index (χ1n) is 7.64. The third-order valence-corrected chi connectivity index (χ3v) is 3.55. The molecule has 3 N–H and O–H groups in total. The molecule has 10 nitrogen and oxygen atoms in total. The van der Waals surface area contributed by atoms with Crippen molar-refractivity contribution in [2.24, 2.45) is 12.8 Å². The molecule has 0 saturated carbocycles. The van der Waals surface area contributed by atoms with Crippen molar-refractivity contribution in [1.82, 2.24) is 35.3 Å². The zero-order chi connectivity index (χ0) is 17.8. The molecule has 3 aromatic heterocycles.